The largest absolute Gasteiger partial charge is 0.395 e. The number of rotatable bonds is 3. The van der Waals surface area contributed by atoms with Crippen molar-refractivity contribution in [2.24, 2.45) is 0 Å². The summed E-state index contributed by atoms with van der Waals surface area (Å²) in [4.78, 5) is 21.3. The van der Waals surface area contributed by atoms with E-state index in [0.717, 1.165) is 11.1 Å². The summed E-state index contributed by atoms with van der Waals surface area (Å²) in [5.74, 6) is -0.188. The van der Waals surface area contributed by atoms with Crippen molar-refractivity contribution >= 4 is 17.0 Å². The Morgan fingerprint density at radius 1 is 1.30 bits per heavy atom. The number of hydrogen-bond acceptors (Lipinski definition) is 4. The lowest BCUT2D eigenvalue weighted by Crippen LogP contribution is -2.12. The molecule has 3 rings (SSSR count). The molecule has 0 saturated heterocycles. The number of aliphatic hydroxyl groups excluding tert-OH is 1. The van der Waals surface area contributed by atoms with E-state index in [0.29, 0.717) is 11.0 Å². The number of nitrogens with two attached hydrogens (primary N) is 1. The number of aromatic nitrogens is 3. The van der Waals surface area contributed by atoms with Crippen LogP contribution in [0.1, 0.15) is 17.0 Å². The van der Waals surface area contributed by atoms with Gasteiger partial charge < -0.3 is 15.8 Å². The number of H-pyrrole nitrogens is 2. The Kier molecular flexibility index (Phi) is 3.00. The van der Waals surface area contributed by atoms with Crippen LogP contribution in [0.15, 0.2) is 41.3 Å². The molecule has 102 valence electrons. The molecule has 6 nitrogen and oxygen atoms in total. The fourth-order valence-corrected chi connectivity index (χ4v) is 2.39. The summed E-state index contributed by atoms with van der Waals surface area (Å²) in [5.41, 5.74) is 7.84. The zero-order chi connectivity index (χ0) is 14.1. The average Bonchev–Trinajstić information content (AvgIpc) is 2.85. The van der Waals surface area contributed by atoms with Gasteiger partial charge in [-0.1, -0.05) is 30.3 Å². The smallest absolute Gasteiger partial charge is 0.276 e. The third kappa shape index (κ3) is 1.96. The van der Waals surface area contributed by atoms with Gasteiger partial charge in [0.2, 0.25) is 5.95 Å². The summed E-state index contributed by atoms with van der Waals surface area (Å²) >= 11 is 0. The summed E-state index contributed by atoms with van der Waals surface area (Å²) in [7, 11) is 0. The summed E-state index contributed by atoms with van der Waals surface area (Å²) < 4.78 is 0. The second kappa shape index (κ2) is 4.82. The molecule has 0 fully saturated rings. The van der Waals surface area contributed by atoms with E-state index >= 15 is 0 Å². The lowest BCUT2D eigenvalue weighted by molar-refractivity contribution is 0.281. The van der Waals surface area contributed by atoms with Crippen molar-refractivity contribution in [1.82, 2.24) is 15.0 Å². The molecule has 1 aromatic carbocycles. The first-order valence-corrected chi connectivity index (χ1v) is 6.23. The average molecular weight is 270 g/mol. The number of nitrogens with zero attached hydrogens (tertiary/aromatic N) is 1. The fourth-order valence-electron chi connectivity index (χ4n) is 2.39. The van der Waals surface area contributed by atoms with Crippen LogP contribution < -0.4 is 11.3 Å². The highest BCUT2D eigenvalue weighted by Gasteiger charge is 2.19. The van der Waals surface area contributed by atoms with Crippen LogP contribution in [0.4, 0.5) is 5.95 Å². The molecule has 1 atom stereocenters. The minimum atomic E-state index is -0.316. The highest BCUT2D eigenvalue weighted by Crippen LogP contribution is 2.28. The van der Waals surface area contributed by atoms with Gasteiger partial charge in [-0.15, -0.1) is 0 Å². The van der Waals surface area contributed by atoms with Crippen molar-refractivity contribution in [3.05, 3.63) is 58.0 Å². The molecule has 2 heterocycles. The first kappa shape index (κ1) is 12.4. The predicted molar refractivity (Wildman–Crippen MR) is 76.5 cm³/mol. The second-order valence-electron chi connectivity index (χ2n) is 4.56. The Hall–Kier alpha value is -2.60. The molecule has 0 amide bonds. The van der Waals surface area contributed by atoms with Gasteiger partial charge in [-0.05, 0) is 5.56 Å². The Morgan fingerprint density at radius 2 is 2.05 bits per heavy atom. The van der Waals surface area contributed by atoms with E-state index in [-0.39, 0.29) is 24.0 Å². The molecule has 2 aromatic heterocycles. The number of hydrogen-bond donors (Lipinski definition) is 4. The van der Waals surface area contributed by atoms with Crippen molar-refractivity contribution in [2.75, 3.05) is 12.3 Å². The zero-order valence-corrected chi connectivity index (χ0v) is 10.6. The Morgan fingerprint density at radius 3 is 2.75 bits per heavy atom. The van der Waals surface area contributed by atoms with Gasteiger partial charge in [0.25, 0.3) is 5.56 Å². The van der Waals surface area contributed by atoms with Crippen LogP contribution in [0.2, 0.25) is 0 Å². The minimum absolute atomic E-state index is 0.0631. The lowest BCUT2D eigenvalue weighted by atomic mass is 9.93. The van der Waals surface area contributed by atoms with Crippen molar-refractivity contribution in [3.8, 4) is 0 Å². The number of aliphatic hydroxyl groups is 1. The van der Waals surface area contributed by atoms with E-state index in [4.69, 9.17) is 5.73 Å². The quantitative estimate of drug-likeness (QED) is 0.568. The first-order valence-electron chi connectivity index (χ1n) is 6.23. The second-order valence-corrected chi connectivity index (χ2v) is 4.56. The molecular formula is C14H14N4O2. The summed E-state index contributed by atoms with van der Waals surface area (Å²) in [5, 5.41) is 9.69. The molecule has 0 spiro atoms. The molecule has 0 radical (unpaired) electrons. The number of aromatic amines is 2. The number of nitrogen functional groups attached to an aromatic ring is 1. The van der Waals surface area contributed by atoms with Gasteiger partial charge in [-0.2, -0.15) is 0 Å². The maximum Gasteiger partial charge on any atom is 0.276 e. The van der Waals surface area contributed by atoms with Crippen LogP contribution in [0.3, 0.4) is 0 Å². The van der Waals surface area contributed by atoms with E-state index in [2.05, 4.69) is 15.0 Å². The number of anilines is 1. The highest BCUT2D eigenvalue weighted by molar-refractivity contribution is 5.80. The SMILES string of the molecule is Nc1nc2c(C(CO)c3ccccc3)c[nH]c2c(=O)[nH]1. The zero-order valence-electron chi connectivity index (χ0n) is 10.6. The standard InChI is InChI=1S/C14H14N4O2/c15-14-17-11-9(6-16-12(11)13(20)18-14)10(7-19)8-4-2-1-3-5-8/h1-6,10,16,19H,7H2,(H3,15,17,18,20). The molecule has 0 aliphatic rings. The molecular weight excluding hydrogens is 256 g/mol. The van der Waals surface area contributed by atoms with Crippen LogP contribution in [0.5, 0.6) is 0 Å². The van der Waals surface area contributed by atoms with Gasteiger partial charge in [0.1, 0.15) is 11.0 Å². The summed E-state index contributed by atoms with van der Waals surface area (Å²) in [6, 6.07) is 9.57. The van der Waals surface area contributed by atoms with Gasteiger partial charge >= 0.3 is 0 Å². The summed E-state index contributed by atoms with van der Waals surface area (Å²) in [6.07, 6.45) is 1.69. The van der Waals surface area contributed by atoms with Crippen LogP contribution in [0.25, 0.3) is 11.0 Å². The Balaban J connectivity index is 2.21. The third-order valence-electron chi connectivity index (χ3n) is 3.34. The van der Waals surface area contributed by atoms with Crippen molar-refractivity contribution in [2.45, 2.75) is 5.92 Å². The monoisotopic (exact) mass is 270 g/mol. The number of nitrogens with one attached hydrogen (secondary N) is 2. The van der Waals surface area contributed by atoms with Crippen LogP contribution >= 0.6 is 0 Å². The van der Waals surface area contributed by atoms with Crippen LogP contribution in [-0.2, 0) is 0 Å². The minimum Gasteiger partial charge on any atom is -0.395 e. The number of benzene rings is 1. The van der Waals surface area contributed by atoms with E-state index in [1.54, 1.807) is 6.20 Å². The highest BCUT2D eigenvalue weighted by atomic mass is 16.3. The van der Waals surface area contributed by atoms with Crippen molar-refractivity contribution in [3.63, 3.8) is 0 Å². The molecule has 0 aliphatic heterocycles. The fraction of sp³-hybridized carbons (Fsp3) is 0.143. The van der Waals surface area contributed by atoms with Gasteiger partial charge in [0.15, 0.2) is 0 Å². The molecule has 0 bridgehead atoms. The molecule has 0 aliphatic carbocycles. The third-order valence-corrected chi connectivity index (χ3v) is 3.34. The maximum atomic E-state index is 11.8. The topological polar surface area (TPSA) is 108 Å². The maximum absolute atomic E-state index is 11.8. The molecule has 20 heavy (non-hydrogen) atoms. The molecule has 6 heteroatoms. The van der Waals surface area contributed by atoms with Crippen molar-refractivity contribution < 1.29 is 5.11 Å². The van der Waals surface area contributed by atoms with Crippen LogP contribution in [0, 0.1) is 0 Å². The number of fused-ring (bicyclic) bond motifs is 1. The predicted octanol–water partition coefficient (Wildman–Crippen LogP) is 0.958. The molecule has 3 aromatic rings. The Labute approximate surface area is 114 Å². The van der Waals surface area contributed by atoms with E-state index in [1.807, 2.05) is 30.3 Å². The molecule has 1 unspecified atom stereocenters. The normalized spacial score (nSPS) is 12.7. The van der Waals surface area contributed by atoms with Crippen LogP contribution in [-0.4, -0.2) is 26.7 Å². The lowest BCUT2D eigenvalue weighted by Gasteiger charge is -2.13. The molecule has 5 N–H and O–H groups in total. The van der Waals surface area contributed by atoms with Crippen molar-refractivity contribution in [1.29, 1.82) is 0 Å². The first-order chi connectivity index (χ1) is 9.70. The van der Waals surface area contributed by atoms with Gasteiger partial charge in [0.05, 0.1) is 6.61 Å². The molecule has 0 saturated carbocycles. The van der Waals surface area contributed by atoms with E-state index in [1.165, 1.54) is 0 Å². The van der Waals surface area contributed by atoms with E-state index in [9.17, 15) is 9.90 Å². The van der Waals surface area contributed by atoms with Gasteiger partial charge in [0, 0.05) is 17.7 Å². The van der Waals surface area contributed by atoms with E-state index < -0.39 is 0 Å². The van der Waals surface area contributed by atoms with Gasteiger partial charge in [-0.25, -0.2) is 4.98 Å². The van der Waals surface area contributed by atoms with Gasteiger partial charge in [-0.3, -0.25) is 9.78 Å². The Bertz CT molecular complexity index is 792. The summed E-state index contributed by atoms with van der Waals surface area (Å²) in [6.45, 7) is -0.0780.